The maximum atomic E-state index is 12.0. The molecule has 2 rings (SSSR count). The van der Waals surface area contributed by atoms with Gasteiger partial charge in [-0.25, -0.2) is 4.79 Å². The van der Waals surface area contributed by atoms with Crippen molar-refractivity contribution in [1.29, 1.82) is 0 Å². The van der Waals surface area contributed by atoms with Crippen molar-refractivity contribution in [3.05, 3.63) is 34.2 Å². The van der Waals surface area contributed by atoms with Crippen LogP contribution < -0.4 is 20.1 Å². The molecule has 0 saturated heterocycles. The van der Waals surface area contributed by atoms with Crippen molar-refractivity contribution in [3.63, 3.8) is 0 Å². The van der Waals surface area contributed by atoms with Gasteiger partial charge < -0.3 is 24.8 Å². The number of hydrogen-bond acceptors (Lipinski definition) is 6. The molecular formula is C17H20N2O4S2. The van der Waals surface area contributed by atoms with Crippen LogP contribution in [0.5, 0.6) is 11.5 Å². The number of esters is 1. The number of ether oxygens (including phenoxy) is 3. The van der Waals surface area contributed by atoms with Crippen LogP contribution >= 0.6 is 23.6 Å². The summed E-state index contributed by atoms with van der Waals surface area (Å²) in [5, 5.41) is 7.13. The molecule has 2 N–H and O–H groups in total. The summed E-state index contributed by atoms with van der Waals surface area (Å²) in [5.74, 6) is 0.889. The van der Waals surface area contributed by atoms with Gasteiger partial charge in [0.1, 0.15) is 16.5 Å². The Morgan fingerprint density at radius 1 is 1.04 bits per heavy atom. The van der Waals surface area contributed by atoms with E-state index >= 15 is 0 Å². The summed E-state index contributed by atoms with van der Waals surface area (Å²) in [6.07, 6.45) is 0. The fourth-order valence-electron chi connectivity index (χ4n) is 2.21. The number of benzene rings is 1. The standard InChI is InChI=1S/C17H20N2O4S2/c1-9-10(2)25-15(14(9)16(20)23-5)19-17(24)18-11-6-12(21-3)8-13(7-11)22-4/h6-8H,1-5H3,(H2,18,19,24). The number of nitrogens with one attached hydrogen (secondary N) is 2. The van der Waals surface area contributed by atoms with E-state index < -0.39 is 5.97 Å². The summed E-state index contributed by atoms with van der Waals surface area (Å²) in [6.45, 7) is 3.83. The van der Waals surface area contributed by atoms with Crippen molar-refractivity contribution in [2.45, 2.75) is 13.8 Å². The van der Waals surface area contributed by atoms with Crippen molar-refractivity contribution < 1.29 is 19.0 Å². The summed E-state index contributed by atoms with van der Waals surface area (Å²) in [6, 6.07) is 5.36. The largest absolute Gasteiger partial charge is 0.497 e. The average molecular weight is 380 g/mol. The number of aryl methyl sites for hydroxylation is 1. The first-order valence-electron chi connectivity index (χ1n) is 7.39. The Bertz CT molecular complexity index is 780. The van der Waals surface area contributed by atoms with E-state index in [1.807, 2.05) is 13.8 Å². The van der Waals surface area contributed by atoms with Crippen molar-refractivity contribution in [2.75, 3.05) is 32.0 Å². The van der Waals surface area contributed by atoms with Gasteiger partial charge in [0.25, 0.3) is 0 Å². The average Bonchev–Trinajstić information content (AvgIpc) is 2.87. The van der Waals surface area contributed by atoms with Crippen LogP contribution in [0.1, 0.15) is 20.8 Å². The lowest BCUT2D eigenvalue weighted by Gasteiger charge is -2.13. The van der Waals surface area contributed by atoms with Gasteiger partial charge in [0.15, 0.2) is 5.11 Å². The molecule has 2 aromatic rings. The fraction of sp³-hybridized carbons (Fsp3) is 0.294. The maximum Gasteiger partial charge on any atom is 0.341 e. The molecule has 0 fully saturated rings. The van der Waals surface area contributed by atoms with Crippen LogP contribution in [0.3, 0.4) is 0 Å². The van der Waals surface area contributed by atoms with Gasteiger partial charge in [-0.05, 0) is 31.6 Å². The number of anilines is 2. The Morgan fingerprint density at radius 2 is 1.64 bits per heavy atom. The van der Waals surface area contributed by atoms with E-state index in [0.717, 1.165) is 10.4 Å². The molecule has 0 unspecified atom stereocenters. The molecule has 0 aliphatic carbocycles. The Morgan fingerprint density at radius 3 is 2.16 bits per heavy atom. The van der Waals surface area contributed by atoms with E-state index in [4.69, 9.17) is 26.4 Å². The smallest absolute Gasteiger partial charge is 0.341 e. The zero-order valence-corrected chi connectivity index (χ0v) is 16.3. The molecule has 25 heavy (non-hydrogen) atoms. The number of rotatable bonds is 5. The van der Waals surface area contributed by atoms with E-state index in [-0.39, 0.29) is 0 Å². The molecule has 0 spiro atoms. The van der Waals surface area contributed by atoms with E-state index in [2.05, 4.69) is 10.6 Å². The number of methoxy groups -OCH3 is 3. The molecule has 8 heteroatoms. The van der Waals surface area contributed by atoms with E-state index in [1.165, 1.54) is 18.4 Å². The van der Waals surface area contributed by atoms with Crippen LogP contribution in [0, 0.1) is 13.8 Å². The number of thiocarbonyl (C=S) groups is 1. The Kier molecular flexibility index (Phi) is 6.22. The zero-order valence-electron chi connectivity index (χ0n) is 14.7. The van der Waals surface area contributed by atoms with Gasteiger partial charge in [-0.1, -0.05) is 0 Å². The first kappa shape index (κ1) is 19.0. The second-order valence-electron chi connectivity index (χ2n) is 5.16. The molecular weight excluding hydrogens is 360 g/mol. The van der Waals surface area contributed by atoms with Crippen LogP contribution in [-0.2, 0) is 4.74 Å². The lowest BCUT2D eigenvalue weighted by molar-refractivity contribution is 0.0601. The van der Waals surface area contributed by atoms with Crippen LogP contribution in [0.25, 0.3) is 0 Å². The van der Waals surface area contributed by atoms with Crippen LogP contribution in [0.4, 0.5) is 10.7 Å². The van der Waals surface area contributed by atoms with E-state index in [0.29, 0.717) is 32.9 Å². The normalized spacial score (nSPS) is 10.1. The minimum atomic E-state index is -0.393. The van der Waals surface area contributed by atoms with Crippen molar-refractivity contribution in [2.24, 2.45) is 0 Å². The molecule has 6 nitrogen and oxygen atoms in total. The quantitative estimate of drug-likeness (QED) is 0.601. The molecule has 1 aromatic heterocycles. The topological polar surface area (TPSA) is 68.8 Å². The highest BCUT2D eigenvalue weighted by Gasteiger charge is 2.20. The zero-order chi connectivity index (χ0) is 18.6. The predicted octanol–water partition coefficient (Wildman–Crippen LogP) is 3.98. The summed E-state index contributed by atoms with van der Waals surface area (Å²) in [5.41, 5.74) is 2.08. The first-order chi connectivity index (χ1) is 11.9. The van der Waals surface area contributed by atoms with E-state index in [9.17, 15) is 4.79 Å². The second kappa shape index (κ2) is 8.17. The van der Waals surface area contributed by atoms with Gasteiger partial charge in [0.05, 0.1) is 26.9 Å². The molecule has 0 bridgehead atoms. The van der Waals surface area contributed by atoms with Crippen LogP contribution in [0.15, 0.2) is 18.2 Å². The SMILES string of the molecule is COC(=O)c1c(NC(=S)Nc2cc(OC)cc(OC)c2)sc(C)c1C. The van der Waals surface area contributed by atoms with Crippen molar-refractivity contribution in [1.82, 2.24) is 0 Å². The molecule has 1 heterocycles. The van der Waals surface area contributed by atoms with Gasteiger partial charge in [0, 0.05) is 28.8 Å². The third kappa shape index (κ3) is 4.40. The predicted molar refractivity (Wildman–Crippen MR) is 105 cm³/mol. The van der Waals surface area contributed by atoms with Gasteiger partial charge in [-0.2, -0.15) is 0 Å². The van der Waals surface area contributed by atoms with Gasteiger partial charge in [-0.15, -0.1) is 11.3 Å². The second-order valence-corrected chi connectivity index (χ2v) is 6.79. The molecule has 0 atom stereocenters. The molecule has 134 valence electrons. The third-order valence-corrected chi connectivity index (χ3v) is 4.94. The van der Waals surface area contributed by atoms with Gasteiger partial charge >= 0.3 is 5.97 Å². The highest BCUT2D eigenvalue weighted by molar-refractivity contribution is 7.80. The lowest BCUT2D eigenvalue weighted by atomic mass is 10.1. The Labute approximate surface area is 156 Å². The van der Waals surface area contributed by atoms with Crippen LogP contribution in [0.2, 0.25) is 0 Å². The van der Waals surface area contributed by atoms with Crippen molar-refractivity contribution in [3.8, 4) is 11.5 Å². The third-order valence-electron chi connectivity index (χ3n) is 3.61. The first-order valence-corrected chi connectivity index (χ1v) is 8.61. The minimum Gasteiger partial charge on any atom is -0.497 e. The Hall–Kier alpha value is -2.32. The van der Waals surface area contributed by atoms with Gasteiger partial charge in [-0.3, -0.25) is 0 Å². The number of carbonyl (C=O) groups is 1. The maximum absolute atomic E-state index is 12.0. The summed E-state index contributed by atoms with van der Waals surface area (Å²) >= 11 is 6.81. The van der Waals surface area contributed by atoms with E-state index in [1.54, 1.807) is 32.4 Å². The number of thiophene rings is 1. The summed E-state index contributed by atoms with van der Waals surface area (Å²) in [7, 11) is 4.52. The fourth-order valence-corrected chi connectivity index (χ4v) is 3.55. The monoisotopic (exact) mass is 380 g/mol. The number of carbonyl (C=O) groups excluding carboxylic acids is 1. The molecule has 0 amide bonds. The lowest BCUT2D eigenvalue weighted by Crippen LogP contribution is -2.20. The number of hydrogen-bond donors (Lipinski definition) is 2. The highest BCUT2D eigenvalue weighted by Crippen LogP contribution is 2.33. The molecule has 0 aliphatic heterocycles. The molecule has 1 aromatic carbocycles. The molecule has 0 radical (unpaired) electrons. The molecule has 0 aliphatic rings. The molecule has 0 saturated carbocycles. The van der Waals surface area contributed by atoms with Crippen molar-refractivity contribution >= 4 is 45.3 Å². The van der Waals surface area contributed by atoms with Gasteiger partial charge in [0.2, 0.25) is 0 Å². The summed E-state index contributed by atoms with van der Waals surface area (Å²) < 4.78 is 15.3. The summed E-state index contributed by atoms with van der Waals surface area (Å²) in [4.78, 5) is 13.0. The van der Waals surface area contributed by atoms with Crippen LogP contribution in [-0.4, -0.2) is 32.4 Å². The highest BCUT2D eigenvalue weighted by atomic mass is 32.1. The minimum absolute atomic E-state index is 0.349. The Balaban J connectivity index is 2.21.